The van der Waals surface area contributed by atoms with Crippen LogP contribution in [-0.2, 0) is 23.4 Å². The van der Waals surface area contributed by atoms with Gasteiger partial charge in [0.1, 0.15) is 6.61 Å². The van der Waals surface area contributed by atoms with Crippen molar-refractivity contribution in [3.63, 3.8) is 0 Å². The first kappa shape index (κ1) is 18.5. The number of halogens is 1. The van der Waals surface area contributed by atoms with Crippen molar-refractivity contribution in [1.82, 2.24) is 10.3 Å². The second kappa shape index (κ2) is 8.03. The van der Waals surface area contributed by atoms with Crippen LogP contribution in [0.4, 0.5) is 0 Å². The van der Waals surface area contributed by atoms with E-state index in [0.717, 1.165) is 29.5 Å². The molecule has 0 saturated heterocycles. The standard InChI is InChI=1S/C23H21ClN2O2/c24-20-8-4-7-19(14-20)23(10-11-23)22(27)26-15-18-9-12-25-21(13-18)28-16-17-5-2-1-3-6-17/h1-9,12-14H,10-11,15-16H2,(H,26,27). The van der Waals surface area contributed by atoms with Crippen LogP contribution in [-0.4, -0.2) is 10.9 Å². The molecule has 0 aliphatic heterocycles. The Morgan fingerprint density at radius 2 is 1.86 bits per heavy atom. The van der Waals surface area contributed by atoms with Crippen LogP contribution in [0.3, 0.4) is 0 Å². The van der Waals surface area contributed by atoms with E-state index in [1.165, 1.54) is 0 Å². The molecule has 2 aromatic carbocycles. The van der Waals surface area contributed by atoms with Gasteiger partial charge in [-0.25, -0.2) is 4.98 Å². The van der Waals surface area contributed by atoms with E-state index in [2.05, 4.69) is 10.3 Å². The maximum absolute atomic E-state index is 12.8. The van der Waals surface area contributed by atoms with Gasteiger partial charge in [-0.15, -0.1) is 0 Å². The highest BCUT2D eigenvalue weighted by molar-refractivity contribution is 6.30. The van der Waals surface area contributed by atoms with Gasteiger partial charge in [-0.2, -0.15) is 0 Å². The topological polar surface area (TPSA) is 51.2 Å². The molecule has 4 rings (SSSR count). The van der Waals surface area contributed by atoms with Crippen molar-refractivity contribution >= 4 is 17.5 Å². The largest absolute Gasteiger partial charge is 0.473 e. The van der Waals surface area contributed by atoms with Crippen LogP contribution in [0.25, 0.3) is 0 Å². The molecule has 4 nitrogen and oxygen atoms in total. The van der Waals surface area contributed by atoms with Gasteiger partial charge < -0.3 is 10.1 Å². The third-order valence-electron chi connectivity index (χ3n) is 5.04. The summed E-state index contributed by atoms with van der Waals surface area (Å²) >= 11 is 6.10. The smallest absolute Gasteiger partial charge is 0.230 e. The first-order valence-electron chi connectivity index (χ1n) is 9.32. The summed E-state index contributed by atoms with van der Waals surface area (Å²) in [5.41, 5.74) is 2.58. The number of amides is 1. The Morgan fingerprint density at radius 1 is 1.04 bits per heavy atom. The molecule has 1 saturated carbocycles. The number of rotatable bonds is 7. The quantitative estimate of drug-likeness (QED) is 0.636. The molecule has 1 fully saturated rings. The van der Waals surface area contributed by atoms with E-state index in [1.807, 2.05) is 66.7 Å². The maximum atomic E-state index is 12.8. The number of carbonyl (C=O) groups excluding carboxylic acids is 1. The molecule has 0 bridgehead atoms. The highest BCUT2D eigenvalue weighted by atomic mass is 35.5. The molecule has 3 aromatic rings. The Kier molecular flexibility index (Phi) is 5.31. The van der Waals surface area contributed by atoms with Gasteiger partial charge >= 0.3 is 0 Å². The van der Waals surface area contributed by atoms with E-state index in [0.29, 0.717) is 24.1 Å². The van der Waals surface area contributed by atoms with Crippen molar-refractivity contribution in [2.45, 2.75) is 31.4 Å². The van der Waals surface area contributed by atoms with Crippen LogP contribution >= 0.6 is 11.6 Å². The number of nitrogens with one attached hydrogen (secondary N) is 1. The Balaban J connectivity index is 1.36. The lowest BCUT2D eigenvalue weighted by Crippen LogP contribution is -2.34. The van der Waals surface area contributed by atoms with Crippen molar-refractivity contribution in [3.8, 4) is 5.88 Å². The number of ether oxygens (including phenoxy) is 1. The minimum atomic E-state index is -0.440. The third-order valence-corrected chi connectivity index (χ3v) is 5.28. The molecule has 0 radical (unpaired) electrons. The van der Waals surface area contributed by atoms with Gasteiger partial charge in [-0.05, 0) is 47.7 Å². The van der Waals surface area contributed by atoms with Crippen LogP contribution in [0, 0.1) is 0 Å². The monoisotopic (exact) mass is 392 g/mol. The summed E-state index contributed by atoms with van der Waals surface area (Å²) in [6, 6.07) is 21.3. The molecule has 1 amide bonds. The van der Waals surface area contributed by atoms with Gasteiger partial charge in [0.25, 0.3) is 0 Å². The van der Waals surface area contributed by atoms with Gasteiger partial charge in [0.05, 0.1) is 5.41 Å². The van der Waals surface area contributed by atoms with E-state index < -0.39 is 5.41 Å². The zero-order chi connectivity index (χ0) is 19.4. The Bertz CT molecular complexity index is 971. The zero-order valence-corrected chi connectivity index (χ0v) is 16.2. The van der Waals surface area contributed by atoms with Crippen LogP contribution in [0.15, 0.2) is 72.9 Å². The van der Waals surface area contributed by atoms with Gasteiger partial charge in [0, 0.05) is 23.8 Å². The van der Waals surface area contributed by atoms with Gasteiger partial charge in [-0.1, -0.05) is 54.1 Å². The van der Waals surface area contributed by atoms with Gasteiger partial charge in [0.2, 0.25) is 11.8 Å². The number of pyridine rings is 1. The minimum Gasteiger partial charge on any atom is -0.473 e. The summed E-state index contributed by atoms with van der Waals surface area (Å²) in [5, 5.41) is 3.71. The van der Waals surface area contributed by atoms with E-state index in [1.54, 1.807) is 6.20 Å². The number of aromatic nitrogens is 1. The second-order valence-electron chi connectivity index (χ2n) is 7.05. The maximum Gasteiger partial charge on any atom is 0.230 e. The summed E-state index contributed by atoms with van der Waals surface area (Å²) in [6.07, 6.45) is 3.40. The molecule has 1 aliphatic rings. The first-order chi connectivity index (χ1) is 13.7. The number of nitrogens with zero attached hydrogens (tertiary/aromatic N) is 1. The molecular weight excluding hydrogens is 372 g/mol. The first-order valence-corrected chi connectivity index (χ1v) is 9.69. The average molecular weight is 393 g/mol. The second-order valence-corrected chi connectivity index (χ2v) is 7.49. The molecule has 1 heterocycles. The molecule has 0 spiro atoms. The third kappa shape index (κ3) is 4.18. The predicted molar refractivity (Wildman–Crippen MR) is 109 cm³/mol. The molecule has 142 valence electrons. The minimum absolute atomic E-state index is 0.0401. The highest BCUT2D eigenvalue weighted by Gasteiger charge is 2.51. The lowest BCUT2D eigenvalue weighted by Gasteiger charge is -2.16. The van der Waals surface area contributed by atoms with Gasteiger partial charge in [-0.3, -0.25) is 4.79 Å². The summed E-state index contributed by atoms with van der Waals surface area (Å²) in [7, 11) is 0. The molecule has 1 aliphatic carbocycles. The zero-order valence-electron chi connectivity index (χ0n) is 15.4. The van der Waals surface area contributed by atoms with E-state index >= 15 is 0 Å². The lowest BCUT2D eigenvalue weighted by atomic mass is 9.95. The molecule has 5 heteroatoms. The molecular formula is C23H21ClN2O2. The summed E-state index contributed by atoms with van der Waals surface area (Å²) in [5.74, 6) is 0.588. The summed E-state index contributed by atoms with van der Waals surface area (Å²) in [6.45, 7) is 0.896. The van der Waals surface area contributed by atoms with Crippen molar-refractivity contribution in [3.05, 3.63) is 94.6 Å². The molecule has 1 N–H and O–H groups in total. The highest BCUT2D eigenvalue weighted by Crippen LogP contribution is 2.48. The normalized spacial score (nSPS) is 14.3. The van der Waals surface area contributed by atoms with Crippen molar-refractivity contribution in [2.75, 3.05) is 0 Å². The van der Waals surface area contributed by atoms with E-state index in [9.17, 15) is 4.79 Å². The fourth-order valence-electron chi connectivity index (χ4n) is 3.28. The van der Waals surface area contributed by atoms with E-state index in [4.69, 9.17) is 16.3 Å². The summed E-state index contributed by atoms with van der Waals surface area (Å²) in [4.78, 5) is 17.1. The number of benzene rings is 2. The number of hydrogen-bond donors (Lipinski definition) is 1. The molecule has 0 atom stereocenters. The SMILES string of the molecule is O=C(NCc1ccnc(OCc2ccccc2)c1)C1(c2cccc(Cl)c2)CC1. The fourth-order valence-corrected chi connectivity index (χ4v) is 3.47. The Hall–Kier alpha value is -2.85. The molecule has 1 aromatic heterocycles. The van der Waals surface area contributed by atoms with Crippen LogP contribution < -0.4 is 10.1 Å². The Labute approximate surface area is 169 Å². The fraction of sp³-hybridized carbons (Fsp3) is 0.217. The average Bonchev–Trinajstić information content (AvgIpc) is 3.54. The van der Waals surface area contributed by atoms with Crippen molar-refractivity contribution in [2.24, 2.45) is 0 Å². The Morgan fingerprint density at radius 3 is 2.61 bits per heavy atom. The lowest BCUT2D eigenvalue weighted by molar-refractivity contribution is -0.123. The number of hydrogen-bond acceptors (Lipinski definition) is 3. The predicted octanol–water partition coefficient (Wildman–Crippen LogP) is 4.66. The van der Waals surface area contributed by atoms with E-state index in [-0.39, 0.29) is 5.91 Å². The van der Waals surface area contributed by atoms with Crippen molar-refractivity contribution in [1.29, 1.82) is 0 Å². The number of carbonyl (C=O) groups is 1. The van der Waals surface area contributed by atoms with Crippen LogP contribution in [0.5, 0.6) is 5.88 Å². The van der Waals surface area contributed by atoms with Gasteiger partial charge in [0.15, 0.2) is 0 Å². The molecule has 28 heavy (non-hydrogen) atoms. The van der Waals surface area contributed by atoms with Crippen molar-refractivity contribution < 1.29 is 9.53 Å². The molecule has 0 unspecified atom stereocenters. The summed E-state index contributed by atoms with van der Waals surface area (Å²) < 4.78 is 5.76. The van der Waals surface area contributed by atoms with Crippen LogP contribution in [0.1, 0.15) is 29.5 Å². The van der Waals surface area contributed by atoms with Crippen LogP contribution in [0.2, 0.25) is 5.02 Å².